The molecule has 106 valence electrons. The van der Waals surface area contributed by atoms with Crippen molar-refractivity contribution in [2.24, 2.45) is 17.3 Å². The third-order valence-corrected chi connectivity index (χ3v) is 4.03. The predicted molar refractivity (Wildman–Crippen MR) is 74.2 cm³/mol. The first-order chi connectivity index (χ1) is 8.33. The summed E-state index contributed by atoms with van der Waals surface area (Å²) in [6.45, 7) is 7.75. The molecule has 0 atom stereocenters. The van der Waals surface area contributed by atoms with Gasteiger partial charge in [0, 0.05) is 26.1 Å². The van der Waals surface area contributed by atoms with E-state index in [2.05, 4.69) is 20.8 Å². The Morgan fingerprint density at radius 3 is 2.22 bits per heavy atom. The molecule has 1 N–H and O–H groups in total. The normalized spacial score (nSPS) is 24.9. The molecule has 1 saturated carbocycles. The Morgan fingerprint density at radius 2 is 1.78 bits per heavy atom. The molecule has 0 bridgehead atoms. The molecule has 0 heterocycles. The van der Waals surface area contributed by atoms with E-state index >= 15 is 0 Å². The first-order valence-electron chi connectivity index (χ1n) is 7.19. The van der Waals surface area contributed by atoms with Gasteiger partial charge in [-0.05, 0) is 43.4 Å². The fourth-order valence-electron chi connectivity index (χ4n) is 2.52. The molecule has 1 fully saturated rings. The summed E-state index contributed by atoms with van der Waals surface area (Å²) in [4.78, 5) is 14.2. The summed E-state index contributed by atoms with van der Waals surface area (Å²) in [6, 6.07) is 0. The topological polar surface area (TPSA) is 40.5 Å². The van der Waals surface area contributed by atoms with Gasteiger partial charge in [-0.25, -0.2) is 0 Å². The lowest BCUT2D eigenvalue weighted by atomic mass is 9.81. The molecule has 1 rings (SSSR count). The number of hydrogen-bond acceptors (Lipinski definition) is 2. The summed E-state index contributed by atoms with van der Waals surface area (Å²) in [6.07, 6.45) is 4.94. The number of rotatable bonds is 4. The summed E-state index contributed by atoms with van der Waals surface area (Å²) < 4.78 is 0. The van der Waals surface area contributed by atoms with Gasteiger partial charge in [0.25, 0.3) is 0 Å². The first kappa shape index (κ1) is 15.5. The standard InChI is InChI=1S/C15H29NO2/c1-15(2,3)9-10-16(4)14(18)13-7-5-12(11-17)6-8-13/h12-13,17H,5-11H2,1-4H3. The zero-order valence-corrected chi connectivity index (χ0v) is 12.4. The smallest absolute Gasteiger partial charge is 0.225 e. The van der Waals surface area contributed by atoms with Gasteiger partial charge in [-0.3, -0.25) is 4.79 Å². The van der Waals surface area contributed by atoms with E-state index in [0.717, 1.165) is 38.6 Å². The van der Waals surface area contributed by atoms with E-state index in [4.69, 9.17) is 5.11 Å². The van der Waals surface area contributed by atoms with Crippen molar-refractivity contribution in [3.63, 3.8) is 0 Å². The second kappa shape index (κ2) is 6.55. The van der Waals surface area contributed by atoms with Gasteiger partial charge >= 0.3 is 0 Å². The van der Waals surface area contributed by atoms with Crippen LogP contribution in [0, 0.1) is 17.3 Å². The third kappa shape index (κ3) is 4.97. The second-order valence-corrected chi connectivity index (χ2v) is 6.97. The van der Waals surface area contributed by atoms with E-state index in [1.807, 2.05) is 11.9 Å². The van der Waals surface area contributed by atoms with Gasteiger partial charge < -0.3 is 10.0 Å². The maximum Gasteiger partial charge on any atom is 0.225 e. The quantitative estimate of drug-likeness (QED) is 0.839. The van der Waals surface area contributed by atoms with E-state index in [1.54, 1.807) is 0 Å². The molecule has 0 aromatic carbocycles. The van der Waals surface area contributed by atoms with Crippen LogP contribution in [0.25, 0.3) is 0 Å². The second-order valence-electron chi connectivity index (χ2n) is 6.97. The fraction of sp³-hybridized carbons (Fsp3) is 0.933. The highest BCUT2D eigenvalue weighted by molar-refractivity contribution is 5.78. The Kier molecular flexibility index (Phi) is 5.64. The largest absolute Gasteiger partial charge is 0.396 e. The summed E-state index contributed by atoms with van der Waals surface area (Å²) in [7, 11) is 1.92. The van der Waals surface area contributed by atoms with Crippen molar-refractivity contribution in [1.29, 1.82) is 0 Å². The van der Waals surface area contributed by atoms with Gasteiger partial charge in [0.2, 0.25) is 5.91 Å². The first-order valence-corrected chi connectivity index (χ1v) is 7.19. The number of aliphatic hydroxyl groups excluding tert-OH is 1. The average Bonchev–Trinajstić information content (AvgIpc) is 2.34. The molecule has 1 amide bonds. The highest BCUT2D eigenvalue weighted by Gasteiger charge is 2.28. The molecule has 0 aromatic heterocycles. The Balaban J connectivity index is 2.36. The molecule has 0 radical (unpaired) electrons. The molecule has 0 unspecified atom stereocenters. The van der Waals surface area contributed by atoms with Crippen LogP contribution in [0.4, 0.5) is 0 Å². The summed E-state index contributed by atoms with van der Waals surface area (Å²) >= 11 is 0. The zero-order valence-electron chi connectivity index (χ0n) is 12.4. The van der Waals surface area contributed by atoms with E-state index < -0.39 is 0 Å². The zero-order chi connectivity index (χ0) is 13.8. The molecule has 0 saturated heterocycles. The van der Waals surface area contributed by atoms with E-state index in [1.165, 1.54) is 0 Å². The van der Waals surface area contributed by atoms with Crippen LogP contribution in [0.15, 0.2) is 0 Å². The number of carbonyl (C=O) groups excluding carboxylic acids is 1. The van der Waals surface area contributed by atoms with E-state index in [9.17, 15) is 4.79 Å². The monoisotopic (exact) mass is 255 g/mol. The molecule has 1 aliphatic rings. The van der Waals surface area contributed by atoms with Crippen molar-refractivity contribution in [3.8, 4) is 0 Å². The van der Waals surface area contributed by atoms with Crippen LogP contribution >= 0.6 is 0 Å². The van der Waals surface area contributed by atoms with Crippen LogP contribution in [0.3, 0.4) is 0 Å². The molecule has 3 nitrogen and oxygen atoms in total. The molecule has 0 aliphatic heterocycles. The van der Waals surface area contributed by atoms with Crippen molar-refractivity contribution in [3.05, 3.63) is 0 Å². The van der Waals surface area contributed by atoms with Crippen LogP contribution in [-0.4, -0.2) is 36.1 Å². The number of hydrogen-bond donors (Lipinski definition) is 1. The number of amides is 1. The van der Waals surface area contributed by atoms with Crippen molar-refractivity contribution >= 4 is 5.91 Å². The lowest BCUT2D eigenvalue weighted by molar-refractivity contribution is -0.135. The fourth-order valence-corrected chi connectivity index (χ4v) is 2.52. The van der Waals surface area contributed by atoms with Crippen molar-refractivity contribution < 1.29 is 9.90 Å². The van der Waals surface area contributed by atoms with Gasteiger partial charge in [-0.1, -0.05) is 20.8 Å². The Bertz CT molecular complexity index is 262. The van der Waals surface area contributed by atoms with Gasteiger partial charge in [0.05, 0.1) is 0 Å². The van der Waals surface area contributed by atoms with E-state index in [0.29, 0.717) is 11.8 Å². The van der Waals surface area contributed by atoms with Crippen LogP contribution in [0.1, 0.15) is 52.9 Å². The van der Waals surface area contributed by atoms with Crippen LogP contribution in [0.2, 0.25) is 0 Å². The van der Waals surface area contributed by atoms with Crippen molar-refractivity contribution in [2.75, 3.05) is 20.2 Å². The summed E-state index contributed by atoms with van der Waals surface area (Å²) in [5.74, 6) is 0.919. The Hall–Kier alpha value is -0.570. The van der Waals surface area contributed by atoms with E-state index in [-0.39, 0.29) is 17.9 Å². The number of aliphatic hydroxyl groups is 1. The molecule has 0 spiro atoms. The van der Waals surface area contributed by atoms with Crippen LogP contribution < -0.4 is 0 Å². The molecule has 3 heteroatoms. The highest BCUT2D eigenvalue weighted by Crippen LogP contribution is 2.29. The molecular formula is C15H29NO2. The molecule has 1 aliphatic carbocycles. The summed E-state index contributed by atoms with van der Waals surface area (Å²) in [5, 5.41) is 9.10. The molecular weight excluding hydrogens is 226 g/mol. The van der Waals surface area contributed by atoms with Crippen molar-refractivity contribution in [1.82, 2.24) is 4.90 Å². The minimum Gasteiger partial charge on any atom is -0.396 e. The lowest BCUT2D eigenvalue weighted by Crippen LogP contribution is -2.36. The molecule has 18 heavy (non-hydrogen) atoms. The van der Waals surface area contributed by atoms with Gasteiger partial charge in [-0.15, -0.1) is 0 Å². The molecule has 0 aromatic rings. The third-order valence-electron chi connectivity index (χ3n) is 4.03. The SMILES string of the molecule is CN(CCC(C)(C)C)C(=O)C1CCC(CO)CC1. The Labute approximate surface area is 112 Å². The number of carbonyl (C=O) groups is 1. The lowest BCUT2D eigenvalue weighted by Gasteiger charge is -2.31. The average molecular weight is 255 g/mol. The minimum absolute atomic E-state index is 0.192. The van der Waals surface area contributed by atoms with Crippen LogP contribution in [0.5, 0.6) is 0 Å². The van der Waals surface area contributed by atoms with Crippen molar-refractivity contribution in [2.45, 2.75) is 52.9 Å². The Morgan fingerprint density at radius 1 is 1.22 bits per heavy atom. The minimum atomic E-state index is 0.192. The van der Waals surface area contributed by atoms with Gasteiger partial charge in [0.1, 0.15) is 0 Å². The maximum atomic E-state index is 12.3. The maximum absolute atomic E-state index is 12.3. The van der Waals surface area contributed by atoms with Gasteiger partial charge in [0.15, 0.2) is 0 Å². The predicted octanol–water partition coefficient (Wildman–Crippen LogP) is 2.68. The van der Waals surface area contributed by atoms with Crippen LogP contribution in [-0.2, 0) is 4.79 Å². The van der Waals surface area contributed by atoms with Gasteiger partial charge in [-0.2, -0.15) is 0 Å². The summed E-state index contributed by atoms with van der Waals surface area (Å²) in [5.41, 5.74) is 0.281. The highest BCUT2D eigenvalue weighted by atomic mass is 16.3. The number of nitrogens with zero attached hydrogens (tertiary/aromatic N) is 1.